The smallest absolute Gasteiger partial charge is 0.268 e. The molecule has 6 nitrogen and oxygen atoms in total. The van der Waals surface area contributed by atoms with E-state index >= 15 is 0 Å². The predicted octanol–water partition coefficient (Wildman–Crippen LogP) is 3.41. The molecule has 0 spiro atoms. The van der Waals surface area contributed by atoms with Gasteiger partial charge in [0.2, 0.25) is 5.91 Å². The van der Waals surface area contributed by atoms with Crippen molar-refractivity contribution in [3.05, 3.63) is 59.1 Å². The van der Waals surface area contributed by atoms with E-state index in [0.29, 0.717) is 23.0 Å². The number of hydrogen-bond donors (Lipinski definition) is 1. The molecule has 2 aliphatic heterocycles. The maximum atomic E-state index is 12.8. The third-order valence-corrected chi connectivity index (χ3v) is 6.06. The second-order valence-corrected chi connectivity index (χ2v) is 8.14. The Hall–Kier alpha value is -2.57. The predicted molar refractivity (Wildman–Crippen MR) is 117 cm³/mol. The molecule has 4 rings (SSSR count). The molecule has 0 radical (unpaired) electrons. The number of nitrogens with one attached hydrogen (secondary N) is 1. The number of halogens is 1. The maximum Gasteiger partial charge on any atom is 0.268 e. The van der Waals surface area contributed by atoms with Crippen molar-refractivity contribution in [3.8, 4) is 5.75 Å². The van der Waals surface area contributed by atoms with Gasteiger partial charge in [0.05, 0.1) is 11.7 Å². The number of fused-ring (bicyclic) bond motifs is 1. The second kappa shape index (κ2) is 9.06. The molecule has 1 fully saturated rings. The Morgan fingerprint density at radius 3 is 2.63 bits per heavy atom. The maximum absolute atomic E-state index is 12.8. The SMILES string of the molecule is C[C@@H]1Oc2ccccc2N(CC(=O)NC[C@H](c2ccccc2Cl)N2CCCC2)C1=O. The third kappa shape index (κ3) is 4.30. The van der Waals surface area contributed by atoms with E-state index in [1.807, 2.05) is 42.5 Å². The van der Waals surface area contributed by atoms with Crippen molar-refractivity contribution in [2.45, 2.75) is 31.9 Å². The molecule has 1 N–H and O–H groups in total. The van der Waals surface area contributed by atoms with Gasteiger partial charge in [0, 0.05) is 11.6 Å². The highest BCUT2D eigenvalue weighted by molar-refractivity contribution is 6.31. The Labute approximate surface area is 181 Å². The molecule has 7 heteroatoms. The van der Waals surface area contributed by atoms with Crippen molar-refractivity contribution in [1.82, 2.24) is 10.2 Å². The van der Waals surface area contributed by atoms with E-state index in [-0.39, 0.29) is 24.4 Å². The number of benzene rings is 2. The molecule has 2 atom stereocenters. The van der Waals surface area contributed by atoms with Gasteiger partial charge in [-0.15, -0.1) is 0 Å². The number of anilines is 1. The van der Waals surface area contributed by atoms with Crippen molar-refractivity contribution in [2.24, 2.45) is 0 Å². The zero-order chi connectivity index (χ0) is 21.1. The van der Waals surface area contributed by atoms with Crippen LogP contribution >= 0.6 is 11.6 Å². The number of carbonyl (C=O) groups is 2. The van der Waals surface area contributed by atoms with Crippen LogP contribution in [-0.2, 0) is 9.59 Å². The summed E-state index contributed by atoms with van der Waals surface area (Å²) in [5, 5.41) is 3.73. The van der Waals surface area contributed by atoms with Crippen LogP contribution in [-0.4, -0.2) is 49.0 Å². The van der Waals surface area contributed by atoms with Gasteiger partial charge in [0.15, 0.2) is 6.10 Å². The van der Waals surface area contributed by atoms with Crippen molar-refractivity contribution in [3.63, 3.8) is 0 Å². The summed E-state index contributed by atoms with van der Waals surface area (Å²) in [6.07, 6.45) is 1.67. The van der Waals surface area contributed by atoms with Crippen molar-refractivity contribution >= 4 is 29.1 Å². The molecule has 158 valence electrons. The number of likely N-dealkylation sites (tertiary alicyclic amines) is 1. The normalized spacial score (nSPS) is 19.9. The summed E-state index contributed by atoms with van der Waals surface area (Å²) in [6.45, 7) is 4.07. The van der Waals surface area contributed by atoms with Crippen LogP contribution in [0.3, 0.4) is 0 Å². The quantitative estimate of drug-likeness (QED) is 0.767. The summed E-state index contributed by atoms with van der Waals surface area (Å²) in [6, 6.07) is 15.1. The highest BCUT2D eigenvalue weighted by atomic mass is 35.5. The monoisotopic (exact) mass is 427 g/mol. The molecule has 2 aliphatic rings. The van der Waals surface area contributed by atoms with Crippen LogP contribution in [0, 0.1) is 0 Å². The summed E-state index contributed by atoms with van der Waals surface area (Å²) in [5.74, 6) is 0.193. The lowest BCUT2D eigenvalue weighted by Gasteiger charge is -2.33. The molecule has 0 aliphatic carbocycles. The average molecular weight is 428 g/mol. The lowest BCUT2D eigenvalue weighted by molar-refractivity contribution is -0.128. The number of carbonyl (C=O) groups excluding carboxylic acids is 2. The first-order valence-electron chi connectivity index (χ1n) is 10.4. The van der Waals surface area contributed by atoms with Crippen LogP contribution in [0.2, 0.25) is 5.02 Å². The minimum absolute atomic E-state index is 0.0109. The highest BCUT2D eigenvalue weighted by Gasteiger charge is 2.33. The highest BCUT2D eigenvalue weighted by Crippen LogP contribution is 2.33. The number of para-hydroxylation sites is 2. The van der Waals surface area contributed by atoms with E-state index in [1.54, 1.807) is 13.0 Å². The Kier molecular flexibility index (Phi) is 6.25. The molecule has 1 saturated heterocycles. The van der Waals surface area contributed by atoms with Crippen molar-refractivity contribution in [2.75, 3.05) is 31.1 Å². The summed E-state index contributed by atoms with van der Waals surface area (Å²) in [7, 11) is 0. The van der Waals surface area contributed by atoms with Crippen LogP contribution in [0.5, 0.6) is 5.75 Å². The lowest BCUT2D eigenvalue weighted by Crippen LogP contribution is -2.49. The van der Waals surface area contributed by atoms with Gasteiger partial charge in [0.25, 0.3) is 5.91 Å². The van der Waals surface area contributed by atoms with E-state index in [2.05, 4.69) is 10.2 Å². The van der Waals surface area contributed by atoms with E-state index in [1.165, 1.54) is 4.90 Å². The Balaban J connectivity index is 1.46. The molecule has 2 heterocycles. The Bertz CT molecular complexity index is 929. The number of nitrogens with zero attached hydrogens (tertiary/aromatic N) is 2. The fourth-order valence-corrected chi connectivity index (χ4v) is 4.43. The molecule has 30 heavy (non-hydrogen) atoms. The summed E-state index contributed by atoms with van der Waals surface area (Å²) in [4.78, 5) is 29.3. The number of ether oxygens (including phenoxy) is 1. The molecule has 0 unspecified atom stereocenters. The molecular formula is C23H26ClN3O3. The van der Waals surface area contributed by atoms with Gasteiger partial charge in [-0.25, -0.2) is 0 Å². The summed E-state index contributed by atoms with van der Waals surface area (Å²) in [5.41, 5.74) is 1.64. The molecule has 2 amide bonds. The van der Waals surface area contributed by atoms with Gasteiger partial charge in [-0.2, -0.15) is 0 Å². The minimum atomic E-state index is -0.617. The zero-order valence-electron chi connectivity index (χ0n) is 17.0. The first kappa shape index (κ1) is 20.7. The number of amides is 2. The van der Waals surface area contributed by atoms with E-state index in [0.717, 1.165) is 31.5 Å². The van der Waals surface area contributed by atoms with Crippen molar-refractivity contribution < 1.29 is 14.3 Å². The van der Waals surface area contributed by atoms with Gasteiger partial charge in [-0.1, -0.05) is 41.9 Å². The molecule has 0 saturated carbocycles. The van der Waals surface area contributed by atoms with Crippen LogP contribution in [0.25, 0.3) is 0 Å². The van der Waals surface area contributed by atoms with Crippen LogP contribution in [0.1, 0.15) is 31.4 Å². The fraction of sp³-hybridized carbons (Fsp3) is 0.391. The average Bonchev–Trinajstić information content (AvgIpc) is 3.27. The summed E-state index contributed by atoms with van der Waals surface area (Å²) >= 11 is 6.45. The molecule has 2 aromatic rings. The third-order valence-electron chi connectivity index (χ3n) is 5.71. The fourth-order valence-electron chi connectivity index (χ4n) is 4.17. The number of rotatable bonds is 6. The van der Waals surface area contributed by atoms with E-state index in [4.69, 9.17) is 16.3 Å². The van der Waals surface area contributed by atoms with Crippen molar-refractivity contribution in [1.29, 1.82) is 0 Å². The topological polar surface area (TPSA) is 61.9 Å². The minimum Gasteiger partial charge on any atom is -0.479 e. The number of hydrogen-bond acceptors (Lipinski definition) is 4. The molecular weight excluding hydrogens is 402 g/mol. The van der Waals surface area contributed by atoms with Gasteiger partial charge < -0.3 is 10.1 Å². The molecule has 0 aromatic heterocycles. The molecule has 0 bridgehead atoms. The van der Waals surface area contributed by atoms with Crippen LogP contribution in [0.15, 0.2) is 48.5 Å². The van der Waals surface area contributed by atoms with Crippen LogP contribution in [0.4, 0.5) is 5.69 Å². The zero-order valence-corrected chi connectivity index (χ0v) is 17.8. The van der Waals surface area contributed by atoms with Crippen LogP contribution < -0.4 is 15.0 Å². The standard InChI is InChI=1S/C23H26ClN3O3/c1-16-23(29)27(19-10-4-5-11-21(19)30-16)15-22(28)25-14-20(26-12-6-7-13-26)17-8-2-3-9-18(17)24/h2-5,8-11,16,20H,6-7,12-15H2,1H3,(H,25,28)/t16-,20+/m0/s1. The second-order valence-electron chi connectivity index (χ2n) is 7.74. The van der Waals surface area contributed by atoms with E-state index < -0.39 is 6.10 Å². The first-order chi connectivity index (χ1) is 14.5. The van der Waals surface area contributed by atoms with E-state index in [9.17, 15) is 9.59 Å². The van der Waals surface area contributed by atoms with Gasteiger partial charge in [-0.05, 0) is 56.6 Å². The van der Waals surface area contributed by atoms with Gasteiger partial charge in [-0.3, -0.25) is 19.4 Å². The Morgan fingerprint density at radius 2 is 1.87 bits per heavy atom. The molecule has 2 aromatic carbocycles. The lowest BCUT2D eigenvalue weighted by atomic mass is 10.1. The largest absolute Gasteiger partial charge is 0.479 e. The van der Waals surface area contributed by atoms with Gasteiger partial charge >= 0.3 is 0 Å². The van der Waals surface area contributed by atoms with Gasteiger partial charge in [0.1, 0.15) is 12.3 Å². The first-order valence-corrected chi connectivity index (χ1v) is 10.7. The summed E-state index contributed by atoms with van der Waals surface area (Å²) < 4.78 is 5.65. The Morgan fingerprint density at radius 1 is 1.17 bits per heavy atom.